The molecule has 0 bridgehead atoms. The maximum atomic E-state index is 5.61. The van der Waals surface area contributed by atoms with Gasteiger partial charge in [0.1, 0.15) is 10.8 Å². The van der Waals surface area contributed by atoms with Crippen LogP contribution in [0.25, 0.3) is 0 Å². The van der Waals surface area contributed by atoms with Crippen molar-refractivity contribution in [3.63, 3.8) is 0 Å². The fourth-order valence-corrected chi connectivity index (χ4v) is 1.49. The highest BCUT2D eigenvalue weighted by Gasteiger charge is 2.09. The van der Waals surface area contributed by atoms with Crippen LogP contribution >= 0.6 is 12.2 Å². The van der Waals surface area contributed by atoms with E-state index in [9.17, 15) is 0 Å². The van der Waals surface area contributed by atoms with Crippen LogP contribution in [0.1, 0.15) is 18.9 Å². The first-order valence-corrected chi connectivity index (χ1v) is 5.03. The minimum absolute atomic E-state index is 0.399. The summed E-state index contributed by atoms with van der Waals surface area (Å²) in [5.74, 6) is 0.863. The fourth-order valence-electron chi connectivity index (χ4n) is 1.33. The highest BCUT2D eigenvalue weighted by molar-refractivity contribution is 7.80. The number of hydrogen-bond donors (Lipinski definition) is 1. The van der Waals surface area contributed by atoms with Crippen molar-refractivity contribution in [1.82, 2.24) is 4.98 Å². The van der Waals surface area contributed by atoms with Crippen molar-refractivity contribution in [2.75, 3.05) is 18.5 Å². The smallest absolute Gasteiger partial charge is 0.138 e. The summed E-state index contributed by atoms with van der Waals surface area (Å²) in [4.78, 5) is 6.74. The van der Waals surface area contributed by atoms with E-state index < -0.39 is 0 Å². The molecular weight excluding hydrogens is 194 g/mol. The Balaban J connectivity index is 3.00. The molecule has 1 aromatic heterocycles. The highest BCUT2D eigenvalue weighted by Crippen LogP contribution is 2.15. The van der Waals surface area contributed by atoms with Crippen LogP contribution in [0.15, 0.2) is 18.3 Å². The van der Waals surface area contributed by atoms with Crippen molar-refractivity contribution in [2.45, 2.75) is 13.3 Å². The van der Waals surface area contributed by atoms with Gasteiger partial charge >= 0.3 is 0 Å². The molecule has 1 rings (SSSR count). The van der Waals surface area contributed by atoms with Gasteiger partial charge in [0.15, 0.2) is 0 Å². The molecule has 4 heteroatoms. The molecular formula is C10H15N3S. The van der Waals surface area contributed by atoms with Gasteiger partial charge < -0.3 is 10.6 Å². The van der Waals surface area contributed by atoms with E-state index in [1.165, 1.54) is 0 Å². The predicted molar refractivity (Wildman–Crippen MR) is 63.7 cm³/mol. The Kier molecular flexibility index (Phi) is 3.83. The molecule has 0 aromatic carbocycles. The van der Waals surface area contributed by atoms with E-state index in [4.69, 9.17) is 18.0 Å². The Labute approximate surface area is 89.9 Å². The molecule has 0 aliphatic rings. The molecule has 0 aliphatic heterocycles. The molecule has 14 heavy (non-hydrogen) atoms. The van der Waals surface area contributed by atoms with Gasteiger partial charge in [-0.15, -0.1) is 0 Å². The van der Waals surface area contributed by atoms with Crippen LogP contribution in [0.5, 0.6) is 0 Å². The topological polar surface area (TPSA) is 42.2 Å². The summed E-state index contributed by atoms with van der Waals surface area (Å²) < 4.78 is 0. The Hall–Kier alpha value is -1.16. The monoisotopic (exact) mass is 209 g/mol. The molecule has 3 nitrogen and oxygen atoms in total. The normalized spacial score (nSPS) is 9.86. The van der Waals surface area contributed by atoms with Crippen LogP contribution < -0.4 is 10.6 Å². The number of pyridine rings is 1. The summed E-state index contributed by atoms with van der Waals surface area (Å²) in [6, 6.07) is 3.74. The summed E-state index contributed by atoms with van der Waals surface area (Å²) in [7, 11) is 1.99. The van der Waals surface area contributed by atoms with E-state index >= 15 is 0 Å². The molecule has 0 radical (unpaired) electrons. The molecule has 0 fully saturated rings. The quantitative estimate of drug-likeness (QED) is 0.764. The minimum atomic E-state index is 0.399. The number of thiocarbonyl (C=S) groups is 1. The van der Waals surface area contributed by atoms with E-state index in [0.29, 0.717) is 4.99 Å². The van der Waals surface area contributed by atoms with Gasteiger partial charge in [-0.2, -0.15) is 0 Å². The van der Waals surface area contributed by atoms with Gasteiger partial charge in [0.2, 0.25) is 0 Å². The van der Waals surface area contributed by atoms with Crippen LogP contribution in [0.3, 0.4) is 0 Å². The zero-order valence-corrected chi connectivity index (χ0v) is 9.34. The number of aromatic nitrogens is 1. The number of nitrogens with two attached hydrogens (primary N) is 1. The first kappa shape index (κ1) is 10.9. The van der Waals surface area contributed by atoms with Crippen LogP contribution in [-0.2, 0) is 0 Å². The summed E-state index contributed by atoms with van der Waals surface area (Å²) in [6.45, 7) is 3.08. The fraction of sp³-hybridized carbons (Fsp3) is 0.400. The van der Waals surface area contributed by atoms with Crippen LogP contribution in [0, 0.1) is 0 Å². The molecule has 0 atom stereocenters. The molecule has 0 saturated carbocycles. The van der Waals surface area contributed by atoms with Crippen molar-refractivity contribution >= 4 is 23.0 Å². The Morgan fingerprint density at radius 3 is 2.93 bits per heavy atom. The lowest BCUT2D eigenvalue weighted by Crippen LogP contribution is -2.23. The van der Waals surface area contributed by atoms with Gasteiger partial charge in [-0.05, 0) is 18.6 Å². The summed E-state index contributed by atoms with van der Waals surface area (Å²) in [6.07, 6.45) is 2.83. The molecule has 1 heterocycles. The van der Waals surface area contributed by atoms with Crippen molar-refractivity contribution in [3.8, 4) is 0 Å². The molecule has 0 aliphatic carbocycles. The maximum absolute atomic E-state index is 5.61. The second-order valence-electron chi connectivity index (χ2n) is 3.16. The zero-order chi connectivity index (χ0) is 10.6. The zero-order valence-electron chi connectivity index (χ0n) is 8.53. The van der Waals surface area contributed by atoms with E-state index in [1.54, 1.807) is 6.20 Å². The van der Waals surface area contributed by atoms with Crippen molar-refractivity contribution < 1.29 is 0 Å². The lowest BCUT2D eigenvalue weighted by atomic mass is 10.2. The molecule has 2 N–H and O–H groups in total. The molecule has 0 amide bonds. The van der Waals surface area contributed by atoms with Crippen molar-refractivity contribution in [1.29, 1.82) is 0 Å². The van der Waals surface area contributed by atoms with Crippen molar-refractivity contribution in [2.24, 2.45) is 5.73 Å². The molecule has 0 saturated heterocycles. The second-order valence-corrected chi connectivity index (χ2v) is 3.60. The third-order valence-corrected chi connectivity index (χ3v) is 2.19. The third-order valence-electron chi connectivity index (χ3n) is 1.97. The largest absolute Gasteiger partial charge is 0.389 e. The Morgan fingerprint density at radius 1 is 1.64 bits per heavy atom. The third kappa shape index (κ3) is 2.42. The van der Waals surface area contributed by atoms with Gasteiger partial charge in [-0.25, -0.2) is 4.98 Å². The van der Waals surface area contributed by atoms with Crippen LogP contribution in [0.4, 0.5) is 5.82 Å². The summed E-state index contributed by atoms with van der Waals surface area (Å²) >= 11 is 4.96. The average Bonchev–Trinajstić information content (AvgIpc) is 2.18. The van der Waals surface area contributed by atoms with Crippen LogP contribution in [-0.4, -0.2) is 23.6 Å². The van der Waals surface area contributed by atoms with Gasteiger partial charge in [0.25, 0.3) is 0 Å². The average molecular weight is 209 g/mol. The van der Waals surface area contributed by atoms with Crippen LogP contribution in [0.2, 0.25) is 0 Å². The Morgan fingerprint density at radius 2 is 2.36 bits per heavy atom. The van der Waals surface area contributed by atoms with Gasteiger partial charge in [-0.3, -0.25) is 0 Å². The number of anilines is 1. The second kappa shape index (κ2) is 4.91. The SMILES string of the molecule is CCCN(C)c1ncccc1C(N)=S. The Bertz CT molecular complexity index is 325. The molecule has 0 spiro atoms. The van der Waals surface area contributed by atoms with E-state index in [0.717, 1.165) is 24.3 Å². The number of nitrogens with zero attached hydrogens (tertiary/aromatic N) is 2. The molecule has 76 valence electrons. The van der Waals surface area contributed by atoms with Gasteiger partial charge in [0.05, 0.1) is 5.56 Å². The van der Waals surface area contributed by atoms with Crippen molar-refractivity contribution in [3.05, 3.63) is 23.9 Å². The van der Waals surface area contributed by atoms with E-state index in [1.807, 2.05) is 19.2 Å². The summed E-state index contributed by atoms with van der Waals surface area (Å²) in [5.41, 5.74) is 6.46. The minimum Gasteiger partial charge on any atom is -0.389 e. The van der Waals surface area contributed by atoms with Gasteiger partial charge in [0, 0.05) is 19.8 Å². The molecule has 1 aromatic rings. The maximum Gasteiger partial charge on any atom is 0.138 e. The predicted octanol–water partition coefficient (Wildman–Crippen LogP) is 1.56. The lowest BCUT2D eigenvalue weighted by Gasteiger charge is -2.19. The highest BCUT2D eigenvalue weighted by atomic mass is 32.1. The van der Waals surface area contributed by atoms with Gasteiger partial charge in [-0.1, -0.05) is 19.1 Å². The van der Waals surface area contributed by atoms with E-state index in [2.05, 4.69) is 16.8 Å². The number of hydrogen-bond acceptors (Lipinski definition) is 3. The number of rotatable bonds is 4. The lowest BCUT2D eigenvalue weighted by molar-refractivity contribution is 0.837. The first-order valence-electron chi connectivity index (χ1n) is 4.62. The standard InChI is InChI=1S/C10H15N3S/c1-3-7-13(2)10-8(9(11)14)5-4-6-12-10/h4-6H,3,7H2,1-2H3,(H2,11,14). The van der Waals surface area contributed by atoms with E-state index in [-0.39, 0.29) is 0 Å². The summed E-state index contributed by atoms with van der Waals surface area (Å²) in [5, 5.41) is 0. The molecule has 0 unspecified atom stereocenters. The first-order chi connectivity index (χ1) is 6.66.